The number of hydrogen-bond donors (Lipinski definition) is 2. The van der Waals surface area contributed by atoms with Gasteiger partial charge in [0.25, 0.3) is 0 Å². The summed E-state index contributed by atoms with van der Waals surface area (Å²) in [6.07, 6.45) is 5.85. The molecule has 1 aliphatic carbocycles. The second kappa shape index (κ2) is 11.2. The molecule has 2 N–H and O–H groups in total. The lowest BCUT2D eigenvalue weighted by molar-refractivity contribution is 0.0167. The van der Waals surface area contributed by atoms with Gasteiger partial charge in [0.1, 0.15) is 12.8 Å². The van der Waals surface area contributed by atoms with E-state index in [1.165, 1.54) is 0 Å². The van der Waals surface area contributed by atoms with Crippen LogP contribution in [0.25, 0.3) is 22.2 Å². The molecule has 0 aromatic carbocycles. The third-order valence-electron chi connectivity index (χ3n) is 6.95. The van der Waals surface area contributed by atoms with E-state index in [0.29, 0.717) is 37.7 Å². The van der Waals surface area contributed by atoms with E-state index in [1.807, 2.05) is 43.7 Å². The summed E-state index contributed by atoms with van der Waals surface area (Å²) in [5, 5.41) is 12.9. The van der Waals surface area contributed by atoms with Gasteiger partial charge in [0.15, 0.2) is 5.65 Å². The van der Waals surface area contributed by atoms with Crippen molar-refractivity contribution in [3.63, 3.8) is 0 Å². The Balaban J connectivity index is 1.61. The number of fused-ring (bicyclic) bond motifs is 1. The number of nitrogens with zero attached hydrogens (tertiary/aromatic N) is 4. The summed E-state index contributed by atoms with van der Waals surface area (Å²) in [5.41, 5.74) is 2.24. The lowest BCUT2D eigenvalue weighted by atomic mass is 9.68. The first-order valence-corrected chi connectivity index (χ1v) is 17.1. The SMILES string of the molecule is CC(C)(C)C(NC(=O)O)C1CC(Oc2nc(Cl)nc3c2c(-c2cccnc2)cn3COCC[Si](C)(C)C)C1. The normalized spacial score (nSPS) is 18.7. The number of nitrogens with one attached hydrogen (secondary N) is 1. The number of carboxylic acid groups (broad SMARTS) is 1. The monoisotopic (exact) mass is 559 g/mol. The second-order valence-electron chi connectivity index (χ2n) is 12.4. The number of aromatic nitrogens is 4. The zero-order valence-corrected chi connectivity index (χ0v) is 24.7. The fraction of sp³-hybridized carbons (Fsp3) is 0.556. The van der Waals surface area contributed by atoms with Crippen LogP contribution in [0.3, 0.4) is 0 Å². The Kier molecular flexibility index (Phi) is 8.34. The van der Waals surface area contributed by atoms with E-state index < -0.39 is 14.2 Å². The van der Waals surface area contributed by atoms with Crippen molar-refractivity contribution in [2.24, 2.45) is 11.3 Å². The minimum Gasteiger partial charge on any atom is -0.474 e. The van der Waals surface area contributed by atoms with E-state index in [9.17, 15) is 9.90 Å². The molecule has 3 aromatic heterocycles. The number of ether oxygens (including phenoxy) is 2. The van der Waals surface area contributed by atoms with Crippen LogP contribution >= 0.6 is 11.6 Å². The Morgan fingerprint density at radius 1 is 1.29 bits per heavy atom. The highest BCUT2D eigenvalue weighted by atomic mass is 35.5. The molecule has 11 heteroatoms. The third-order valence-corrected chi connectivity index (χ3v) is 8.82. The molecule has 1 atom stereocenters. The van der Waals surface area contributed by atoms with Gasteiger partial charge < -0.3 is 24.5 Å². The van der Waals surface area contributed by atoms with Crippen molar-refractivity contribution in [3.8, 4) is 17.0 Å². The van der Waals surface area contributed by atoms with Gasteiger partial charge in [0, 0.05) is 50.4 Å². The van der Waals surface area contributed by atoms with Gasteiger partial charge in [-0.1, -0.05) is 46.5 Å². The molecule has 1 saturated carbocycles. The Morgan fingerprint density at radius 3 is 2.63 bits per heavy atom. The molecule has 0 bridgehead atoms. The molecule has 3 heterocycles. The molecule has 9 nitrogen and oxygen atoms in total. The van der Waals surface area contributed by atoms with E-state index in [4.69, 9.17) is 21.1 Å². The molecule has 1 unspecified atom stereocenters. The second-order valence-corrected chi connectivity index (χ2v) is 18.3. The van der Waals surface area contributed by atoms with Crippen molar-refractivity contribution in [1.29, 1.82) is 0 Å². The first-order chi connectivity index (χ1) is 17.8. The van der Waals surface area contributed by atoms with Crippen LogP contribution in [-0.2, 0) is 11.5 Å². The molecule has 1 amide bonds. The number of hydrogen-bond acceptors (Lipinski definition) is 6. The van der Waals surface area contributed by atoms with Crippen LogP contribution in [0.2, 0.25) is 31.0 Å². The Morgan fingerprint density at radius 2 is 2.03 bits per heavy atom. The molecule has 0 saturated heterocycles. The number of amides is 1. The van der Waals surface area contributed by atoms with Gasteiger partial charge in [0.05, 0.1) is 5.39 Å². The maximum absolute atomic E-state index is 11.4. The molecule has 0 aliphatic heterocycles. The van der Waals surface area contributed by atoms with Gasteiger partial charge in [-0.3, -0.25) is 4.98 Å². The molecular weight excluding hydrogens is 522 g/mol. The quantitative estimate of drug-likeness (QED) is 0.170. The summed E-state index contributed by atoms with van der Waals surface area (Å²) in [7, 11) is -1.21. The average molecular weight is 560 g/mol. The summed E-state index contributed by atoms with van der Waals surface area (Å²) in [6, 6.07) is 4.77. The molecular formula is C27H38ClN5O4Si. The topological polar surface area (TPSA) is 111 Å². The van der Waals surface area contributed by atoms with E-state index in [-0.39, 0.29) is 28.8 Å². The summed E-state index contributed by atoms with van der Waals surface area (Å²) >= 11 is 6.37. The summed E-state index contributed by atoms with van der Waals surface area (Å²) < 4.78 is 14.4. The molecule has 3 aromatic rings. The van der Waals surface area contributed by atoms with Crippen LogP contribution < -0.4 is 10.1 Å². The first-order valence-electron chi connectivity index (χ1n) is 13.0. The fourth-order valence-electron chi connectivity index (χ4n) is 4.90. The zero-order chi connectivity index (χ0) is 27.7. The predicted octanol–water partition coefficient (Wildman–Crippen LogP) is 6.30. The highest BCUT2D eigenvalue weighted by molar-refractivity contribution is 6.76. The molecule has 0 spiro atoms. The number of pyridine rings is 1. The van der Waals surface area contributed by atoms with E-state index in [0.717, 1.165) is 22.6 Å². The Labute approximate surface area is 229 Å². The zero-order valence-electron chi connectivity index (χ0n) is 23.0. The molecule has 1 fully saturated rings. The maximum Gasteiger partial charge on any atom is 0.404 e. The van der Waals surface area contributed by atoms with Gasteiger partial charge in [-0.05, 0) is 47.9 Å². The lowest BCUT2D eigenvalue weighted by Gasteiger charge is -2.45. The van der Waals surface area contributed by atoms with Crippen molar-refractivity contribution in [2.45, 2.75) is 78.2 Å². The minimum atomic E-state index is -1.21. The summed E-state index contributed by atoms with van der Waals surface area (Å²) in [4.78, 5) is 24.7. The smallest absolute Gasteiger partial charge is 0.404 e. The van der Waals surface area contributed by atoms with Crippen molar-refractivity contribution in [1.82, 2.24) is 24.8 Å². The number of carbonyl (C=O) groups is 1. The van der Waals surface area contributed by atoms with Crippen LogP contribution in [0.4, 0.5) is 4.79 Å². The standard InChI is InChI=1S/C27H38ClN5O4Si/c1-27(2,3)22(30-26(34)35)18-12-19(13-18)37-24-21-20(17-8-7-9-29-14-17)15-33(23(21)31-25(28)32-24)16-36-10-11-38(4,5)6/h7-9,14-15,18-19,22,30H,10-13,16H2,1-6H3,(H,34,35). The number of rotatable bonds is 10. The van der Waals surface area contributed by atoms with Crippen molar-refractivity contribution < 1.29 is 19.4 Å². The fourth-order valence-corrected chi connectivity index (χ4v) is 5.82. The van der Waals surface area contributed by atoms with E-state index in [1.54, 1.807) is 12.4 Å². The molecule has 0 radical (unpaired) electrons. The largest absolute Gasteiger partial charge is 0.474 e. The van der Waals surface area contributed by atoms with Gasteiger partial charge in [0.2, 0.25) is 11.2 Å². The van der Waals surface area contributed by atoms with Crippen molar-refractivity contribution in [2.75, 3.05) is 6.61 Å². The molecule has 1 aliphatic rings. The highest BCUT2D eigenvalue weighted by Gasteiger charge is 2.43. The van der Waals surface area contributed by atoms with E-state index in [2.05, 4.69) is 39.9 Å². The van der Waals surface area contributed by atoms with Crippen LogP contribution in [0, 0.1) is 11.3 Å². The van der Waals surface area contributed by atoms with Crippen molar-refractivity contribution in [3.05, 3.63) is 36.0 Å². The van der Waals surface area contributed by atoms with Gasteiger partial charge in [-0.25, -0.2) is 4.79 Å². The predicted molar refractivity (Wildman–Crippen MR) is 151 cm³/mol. The average Bonchev–Trinajstić information content (AvgIpc) is 3.15. The first kappa shape index (κ1) is 28.3. The Bertz CT molecular complexity index is 1270. The molecule has 206 valence electrons. The van der Waals surface area contributed by atoms with Gasteiger partial charge in [-0.2, -0.15) is 9.97 Å². The van der Waals surface area contributed by atoms with Crippen LogP contribution in [0.1, 0.15) is 33.6 Å². The maximum atomic E-state index is 11.4. The highest BCUT2D eigenvalue weighted by Crippen LogP contribution is 2.42. The summed E-state index contributed by atoms with van der Waals surface area (Å²) in [5.74, 6) is 0.590. The third kappa shape index (κ3) is 6.84. The lowest BCUT2D eigenvalue weighted by Crippen LogP contribution is -2.54. The van der Waals surface area contributed by atoms with Crippen molar-refractivity contribution >= 4 is 36.8 Å². The molecule has 38 heavy (non-hydrogen) atoms. The summed E-state index contributed by atoms with van der Waals surface area (Å²) in [6.45, 7) is 14.1. The minimum absolute atomic E-state index is 0.0997. The van der Waals surface area contributed by atoms with Crippen LogP contribution in [-0.4, -0.2) is 57.5 Å². The molecule has 4 rings (SSSR count). The van der Waals surface area contributed by atoms with Crippen LogP contribution in [0.15, 0.2) is 30.7 Å². The van der Waals surface area contributed by atoms with Gasteiger partial charge >= 0.3 is 6.09 Å². The Hall–Kier alpha value is -2.69. The van der Waals surface area contributed by atoms with Gasteiger partial charge in [-0.15, -0.1) is 0 Å². The van der Waals surface area contributed by atoms with E-state index >= 15 is 0 Å². The van der Waals surface area contributed by atoms with Crippen LogP contribution in [0.5, 0.6) is 5.88 Å². The number of halogens is 1.